The second kappa shape index (κ2) is 6.77. The Hall–Kier alpha value is -0.860. The summed E-state index contributed by atoms with van der Waals surface area (Å²) in [4.78, 5) is 2.37. The van der Waals surface area contributed by atoms with E-state index in [2.05, 4.69) is 57.0 Å². The molecule has 0 aliphatic carbocycles. The molecule has 1 atom stereocenters. The zero-order valence-electron chi connectivity index (χ0n) is 11.6. The number of hydrogen-bond acceptors (Lipinski definition) is 2. The van der Waals surface area contributed by atoms with Crippen LogP contribution in [0, 0.1) is 18.8 Å². The topological polar surface area (TPSA) is 29.3 Å². The van der Waals surface area contributed by atoms with Crippen LogP contribution in [0.2, 0.25) is 0 Å². The van der Waals surface area contributed by atoms with Gasteiger partial charge in [0.15, 0.2) is 0 Å². The van der Waals surface area contributed by atoms with Gasteiger partial charge in [-0.15, -0.1) is 0 Å². The quantitative estimate of drug-likeness (QED) is 0.820. The molecule has 0 radical (unpaired) electrons. The van der Waals surface area contributed by atoms with E-state index in [-0.39, 0.29) is 0 Å². The van der Waals surface area contributed by atoms with E-state index in [1.165, 1.54) is 11.1 Å². The zero-order chi connectivity index (χ0) is 12.8. The van der Waals surface area contributed by atoms with E-state index in [4.69, 9.17) is 5.73 Å². The summed E-state index contributed by atoms with van der Waals surface area (Å²) < 4.78 is 0. The van der Waals surface area contributed by atoms with Gasteiger partial charge in [-0.1, -0.05) is 38.1 Å². The lowest BCUT2D eigenvalue weighted by molar-refractivity contribution is 0.234. The van der Waals surface area contributed by atoms with Gasteiger partial charge in [-0.25, -0.2) is 0 Å². The Morgan fingerprint density at radius 1 is 1.24 bits per heavy atom. The predicted octanol–water partition coefficient (Wildman–Crippen LogP) is 2.66. The van der Waals surface area contributed by atoms with Crippen LogP contribution in [0.25, 0.3) is 0 Å². The van der Waals surface area contributed by atoms with Crippen LogP contribution in [0.3, 0.4) is 0 Å². The predicted molar refractivity (Wildman–Crippen MR) is 74.9 cm³/mol. The fraction of sp³-hybridized carbons (Fsp3) is 0.600. The number of nitrogens with two attached hydrogens (primary N) is 1. The van der Waals surface area contributed by atoms with Crippen LogP contribution in [0.1, 0.15) is 25.0 Å². The Balaban J connectivity index is 2.55. The van der Waals surface area contributed by atoms with Crippen LogP contribution in [0.5, 0.6) is 0 Å². The first-order valence-electron chi connectivity index (χ1n) is 6.47. The largest absolute Gasteiger partial charge is 0.330 e. The first kappa shape index (κ1) is 14.2. The summed E-state index contributed by atoms with van der Waals surface area (Å²) in [6.07, 6.45) is 0. The van der Waals surface area contributed by atoms with Crippen LogP contribution in [-0.2, 0) is 6.54 Å². The lowest BCUT2D eigenvalue weighted by Crippen LogP contribution is -2.33. The lowest BCUT2D eigenvalue weighted by atomic mass is 9.95. The second-order valence-electron chi connectivity index (χ2n) is 5.36. The number of aryl methyl sites for hydroxylation is 1. The summed E-state index contributed by atoms with van der Waals surface area (Å²) in [5, 5.41) is 0. The highest BCUT2D eigenvalue weighted by Gasteiger charge is 2.14. The van der Waals surface area contributed by atoms with Crippen molar-refractivity contribution >= 4 is 0 Å². The molecule has 1 rings (SSSR count). The highest BCUT2D eigenvalue weighted by Crippen LogP contribution is 2.14. The summed E-state index contributed by atoms with van der Waals surface area (Å²) in [6.45, 7) is 9.53. The van der Waals surface area contributed by atoms with Gasteiger partial charge in [0.1, 0.15) is 0 Å². The lowest BCUT2D eigenvalue weighted by Gasteiger charge is -2.26. The van der Waals surface area contributed by atoms with Crippen molar-refractivity contribution in [3.05, 3.63) is 35.4 Å². The number of hydrogen-bond donors (Lipinski definition) is 1. The van der Waals surface area contributed by atoms with E-state index in [1.807, 2.05) is 0 Å². The van der Waals surface area contributed by atoms with Crippen molar-refractivity contribution in [2.24, 2.45) is 17.6 Å². The number of benzene rings is 1. The van der Waals surface area contributed by atoms with Crippen LogP contribution in [0.15, 0.2) is 24.3 Å². The fourth-order valence-electron chi connectivity index (χ4n) is 2.10. The molecule has 2 nitrogen and oxygen atoms in total. The standard InChI is InChI=1S/C15H26N2/c1-12(2)15(9-16)11-17(4)10-14-8-6-5-7-13(14)3/h5-8,12,15H,9-11,16H2,1-4H3. The molecule has 0 bridgehead atoms. The first-order valence-corrected chi connectivity index (χ1v) is 6.47. The first-order chi connectivity index (χ1) is 8.04. The third-order valence-corrected chi connectivity index (χ3v) is 3.49. The van der Waals surface area contributed by atoms with E-state index in [0.29, 0.717) is 11.8 Å². The van der Waals surface area contributed by atoms with E-state index in [9.17, 15) is 0 Å². The highest BCUT2D eigenvalue weighted by atomic mass is 15.1. The van der Waals surface area contributed by atoms with Crippen LogP contribution < -0.4 is 5.73 Å². The van der Waals surface area contributed by atoms with E-state index in [0.717, 1.165) is 19.6 Å². The SMILES string of the molecule is Cc1ccccc1CN(C)CC(CN)C(C)C. The Morgan fingerprint density at radius 3 is 2.41 bits per heavy atom. The van der Waals surface area contributed by atoms with Crippen molar-refractivity contribution in [3.63, 3.8) is 0 Å². The van der Waals surface area contributed by atoms with Gasteiger partial charge in [0, 0.05) is 13.1 Å². The van der Waals surface area contributed by atoms with Gasteiger partial charge in [-0.05, 0) is 43.5 Å². The Kier molecular flexibility index (Phi) is 5.66. The molecular weight excluding hydrogens is 208 g/mol. The molecule has 0 heterocycles. The minimum absolute atomic E-state index is 0.587. The maximum absolute atomic E-state index is 5.82. The van der Waals surface area contributed by atoms with Gasteiger partial charge in [0.2, 0.25) is 0 Å². The monoisotopic (exact) mass is 234 g/mol. The van der Waals surface area contributed by atoms with Gasteiger partial charge < -0.3 is 10.6 Å². The average molecular weight is 234 g/mol. The highest BCUT2D eigenvalue weighted by molar-refractivity contribution is 5.25. The molecule has 0 amide bonds. The number of rotatable bonds is 6. The van der Waals surface area contributed by atoms with Crippen LogP contribution >= 0.6 is 0 Å². The third kappa shape index (κ3) is 4.49. The third-order valence-electron chi connectivity index (χ3n) is 3.49. The number of nitrogens with zero attached hydrogens (tertiary/aromatic N) is 1. The Bertz CT molecular complexity index is 333. The van der Waals surface area contributed by atoms with Gasteiger partial charge in [0.25, 0.3) is 0 Å². The normalized spacial score (nSPS) is 13.4. The molecule has 0 saturated heterocycles. The molecule has 1 unspecified atom stereocenters. The Morgan fingerprint density at radius 2 is 1.88 bits per heavy atom. The van der Waals surface area contributed by atoms with Crippen LogP contribution in [0.4, 0.5) is 0 Å². The second-order valence-corrected chi connectivity index (χ2v) is 5.36. The van der Waals surface area contributed by atoms with E-state index < -0.39 is 0 Å². The van der Waals surface area contributed by atoms with E-state index in [1.54, 1.807) is 0 Å². The maximum atomic E-state index is 5.82. The Labute approximate surface area is 106 Å². The van der Waals surface area contributed by atoms with Crippen molar-refractivity contribution < 1.29 is 0 Å². The molecule has 0 aliphatic rings. The van der Waals surface area contributed by atoms with Gasteiger partial charge >= 0.3 is 0 Å². The summed E-state index contributed by atoms with van der Waals surface area (Å²) in [5.74, 6) is 1.24. The van der Waals surface area contributed by atoms with Crippen molar-refractivity contribution in [3.8, 4) is 0 Å². The molecule has 2 N–H and O–H groups in total. The summed E-state index contributed by atoms with van der Waals surface area (Å²) in [7, 11) is 2.18. The minimum atomic E-state index is 0.587. The van der Waals surface area contributed by atoms with Crippen LogP contribution in [-0.4, -0.2) is 25.0 Å². The van der Waals surface area contributed by atoms with Gasteiger partial charge in [-0.2, -0.15) is 0 Å². The van der Waals surface area contributed by atoms with E-state index >= 15 is 0 Å². The van der Waals surface area contributed by atoms with Crippen molar-refractivity contribution in [1.82, 2.24) is 4.90 Å². The molecule has 0 aromatic heterocycles. The van der Waals surface area contributed by atoms with Gasteiger partial charge in [-0.3, -0.25) is 0 Å². The molecule has 96 valence electrons. The maximum Gasteiger partial charge on any atom is 0.0233 e. The fourth-order valence-corrected chi connectivity index (χ4v) is 2.10. The molecule has 0 aliphatic heterocycles. The van der Waals surface area contributed by atoms with Gasteiger partial charge in [0.05, 0.1) is 0 Å². The van der Waals surface area contributed by atoms with Crippen molar-refractivity contribution in [1.29, 1.82) is 0 Å². The molecule has 17 heavy (non-hydrogen) atoms. The molecule has 0 fully saturated rings. The molecule has 1 aromatic carbocycles. The molecule has 0 saturated carbocycles. The molecule has 0 spiro atoms. The summed E-state index contributed by atoms with van der Waals surface area (Å²) in [5.41, 5.74) is 8.60. The van der Waals surface area contributed by atoms with Crippen molar-refractivity contribution in [2.75, 3.05) is 20.1 Å². The molecule has 1 aromatic rings. The summed E-state index contributed by atoms with van der Waals surface area (Å²) >= 11 is 0. The molecule has 2 heteroatoms. The summed E-state index contributed by atoms with van der Waals surface area (Å²) in [6, 6.07) is 8.58. The minimum Gasteiger partial charge on any atom is -0.330 e. The zero-order valence-corrected chi connectivity index (χ0v) is 11.6. The smallest absolute Gasteiger partial charge is 0.0233 e. The molecular formula is C15H26N2. The average Bonchev–Trinajstić information content (AvgIpc) is 2.28. The van der Waals surface area contributed by atoms with Crippen molar-refractivity contribution in [2.45, 2.75) is 27.3 Å².